The molecule has 0 unspecified atom stereocenters. The summed E-state index contributed by atoms with van der Waals surface area (Å²) in [5.74, 6) is -0.800. The minimum absolute atomic E-state index is 0.216. The van der Waals surface area contributed by atoms with Crippen molar-refractivity contribution in [3.8, 4) is 0 Å². The molecule has 1 amide bonds. The van der Waals surface area contributed by atoms with Crippen molar-refractivity contribution in [2.24, 2.45) is 0 Å². The van der Waals surface area contributed by atoms with Gasteiger partial charge in [0, 0.05) is 18.4 Å². The lowest BCUT2D eigenvalue weighted by atomic mass is 10.1. The first-order valence-corrected chi connectivity index (χ1v) is 8.86. The van der Waals surface area contributed by atoms with Gasteiger partial charge in [-0.2, -0.15) is 0 Å². The number of methoxy groups -OCH3 is 1. The molecule has 1 aromatic heterocycles. The second kappa shape index (κ2) is 9.41. The molecule has 0 spiro atoms. The smallest absolute Gasteiger partial charge is 0.337 e. The first kappa shape index (κ1) is 19.9. The zero-order valence-electron chi connectivity index (χ0n) is 15.7. The number of nitrogens with zero attached hydrogens (tertiary/aromatic N) is 2. The number of esters is 1. The molecule has 2 N–H and O–H groups in total. The monoisotopic (exact) mass is 394 g/mol. The molecule has 3 rings (SSSR count). The summed E-state index contributed by atoms with van der Waals surface area (Å²) in [6, 6.07) is 14.2. The zero-order valence-corrected chi connectivity index (χ0v) is 15.7. The molecule has 0 atom stereocenters. The molecule has 0 radical (unpaired) electrons. The Hall–Kier alpha value is -3.81. The maximum absolute atomic E-state index is 12.9. The molecule has 148 valence electrons. The standard InChI is InChI=1S/C21H19FN4O3/c1-29-20(28)15-4-8-17(9-5-15)25-21-24-13-11-18(26-21)19(27)23-12-10-14-2-6-16(22)7-3-14/h2-9,11,13H,10,12H2,1H3,(H,23,27)(H,24,25,26). The highest BCUT2D eigenvalue weighted by atomic mass is 19.1. The maximum Gasteiger partial charge on any atom is 0.337 e. The van der Waals surface area contributed by atoms with Crippen molar-refractivity contribution in [3.05, 3.63) is 83.4 Å². The van der Waals surface area contributed by atoms with Gasteiger partial charge in [-0.3, -0.25) is 4.79 Å². The molecule has 29 heavy (non-hydrogen) atoms. The fraction of sp³-hybridized carbons (Fsp3) is 0.143. The van der Waals surface area contributed by atoms with Crippen LogP contribution in [0.25, 0.3) is 0 Å². The SMILES string of the molecule is COC(=O)c1ccc(Nc2nccc(C(=O)NCCc3ccc(F)cc3)n2)cc1. The van der Waals surface area contributed by atoms with Crippen LogP contribution in [0.2, 0.25) is 0 Å². The fourth-order valence-electron chi connectivity index (χ4n) is 2.54. The van der Waals surface area contributed by atoms with Crippen LogP contribution < -0.4 is 10.6 Å². The molecule has 7 nitrogen and oxygen atoms in total. The van der Waals surface area contributed by atoms with Crippen LogP contribution in [0, 0.1) is 5.82 Å². The number of benzene rings is 2. The quantitative estimate of drug-likeness (QED) is 0.598. The van der Waals surface area contributed by atoms with E-state index in [1.165, 1.54) is 31.5 Å². The Morgan fingerprint density at radius 1 is 1.03 bits per heavy atom. The van der Waals surface area contributed by atoms with Gasteiger partial charge in [0.25, 0.3) is 5.91 Å². The summed E-state index contributed by atoms with van der Waals surface area (Å²) in [6.45, 7) is 0.395. The number of rotatable bonds is 7. The molecule has 0 bridgehead atoms. The van der Waals surface area contributed by atoms with Crippen molar-refractivity contribution in [3.63, 3.8) is 0 Å². The molecule has 0 saturated heterocycles. The molecular formula is C21H19FN4O3. The van der Waals surface area contributed by atoms with Crippen LogP contribution in [-0.4, -0.2) is 35.5 Å². The molecule has 3 aromatic rings. The Morgan fingerprint density at radius 3 is 2.45 bits per heavy atom. The lowest BCUT2D eigenvalue weighted by molar-refractivity contribution is 0.0600. The van der Waals surface area contributed by atoms with E-state index >= 15 is 0 Å². The molecule has 0 fully saturated rings. The normalized spacial score (nSPS) is 10.3. The third kappa shape index (κ3) is 5.58. The number of aromatic nitrogens is 2. The zero-order chi connectivity index (χ0) is 20.6. The summed E-state index contributed by atoms with van der Waals surface area (Å²) in [7, 11) is 1.32. The van der Waals surface area contributed by atoms with Crippen molar-refractivity contribution in [2.75, 3.05) is 19.0 Å². The second-order valence-electron chi connectivity index (χ2n) is 6.09. The second-order valence-corrected chi connectivity index (χ2v) is 6.09. The van der Waals surface area contributed by atoms with E-state index in [-0.39, 0.29) is 23.4 Å². The van der Waals surface area contributed by atoms with E-state index < -0.39 is 5.97 Å². The van der Waals surface area contributed by atoms with Crippen molar-refractivity contribution in [1.29, 1.82) is 0 Å². The number of halogens is 1. The number of carbonyl (C=O) groups is 2. The van der Waals surface area contributed by atoms with Crippen LogP contribution in [0.15, 0.2) is 60.8 Å². The number of hydrogen-bond donors (Lipinski definition) is 2. The van der Waals surface area contributed by atoms with E-state index in [0.29, 0.717) is 24.2 Å². The van der Waals surface area contributed by atoms with Crippen molar-refractivity contribution in [2.45, 2.75) is 6.42 Å². The number of ether oxygens (including phenoxy) is 1. The average Bonchev–Trinajstić information content (AvgIpc) is 2.75. The highest BCUT2D eigenvalue weighted by molar-refractivity contribution is 5.92. The van der Waals surface area contributed by atoms with E-state index in [2.05, 4.69) is 25.3 Å². The van der Waals surface area contributed by atoms with Gasteiger partial charge in [-0.05, 0) is 54.4 Å². The van der Waals surface area contributed by atoms with E-state index in [1.807, 2.05) is 0 Å². The number of hydrogen-bond acceptors (Lipinski definition) is 6. The van der Waals surface area contributed by atoms with E-state index in [0.717, 1.165) is 5.56 Å². The summed E-state index contributed by atoms with van der Waals surface area (Å²) in [5.41, 5.74) is 2.22. The van der Waals surface area contributed by atoms with Crippen molar-refractivity contribution >= 4 is 23.5 Å². The number of nitrogens with one attached hydrogen (secondary N) is 2. The molecule has 0 aliphatic heterocycles. The first-order valence-electron chi connectivity index (χ1n) is 8.86. The Balaban J connectivity index is 1.57. The van der Waals surface area contributed by atoms with E-state index in [4.69, 9.17) is 0 Å². The fourth-order valence-corrected chi connectivity index (χ4v) is 2.54. The minimum Gasteiger partial charge on any atom is -0.465 e. The third-order valence-electron chi connectivity index (χ3n) is 4.06. The molecule has 8 heteroatoms. The predicted molar refractivity (Wildman–Crippen MR) is 106 cm³/mol. The van der Waals surface area contributed by atoms with E-state index in [9.17, 15) is 14.0 Å². The number of carbonyl (C=O) groups excluding carboxylic acids is 2. The van der Waals surface area contributed by atoms with Crippen LogP contribution >= 0.6 is 0 Å². The molecule has 0 saturated carbocycles. The summed E-state index contributed by atoms with van der Waals surface area (Å²) in [5, 5.41) is 5.76. The van der Waals surface area contributed by atoms with Gasteiger partial charge < -0.3 is 15.4 Å². The lowest BCUT2D eigenvalue weighted by Gasteiger charge is -2.08. The van der Waals surface area contributed by atoms with Gasteiger partial charge in [-0.25, -0.2) is 19.2 Å². The number of anilines is 2. The molecule has 0 aliphatic rings. The van der Waals surface area contributed by atoms with Crippen LogP contribution in [0.4, 0.5) is 16.0 Å². The van der Waals surface area contributed by atoms with Crippen LogP contribution in [0.1, 0.15) is 26.4 Å². The van der Waals surface area contributed by atoms with Crippen LogP contribution in [-0.2, 0) is 11.2 Å². The molecular weight excluding hydrogens is 375 g/mol. The maximum atomic E-state index is 12.9. The lowest BCUT2D eigenvalue weighted by Crippen LogP contribution is -2.26. The largest absolute Gasteiger partial charge is 0.465 e. The van der Waals surface area contributed by atoms with E-state index in [1.54, 1.807) is 36.4 Å². The van der Waals surface area contributed by atoms with Crippen LogP contribution in [0.3, 0.4) is 0 Å². The third-order valence-corrected chi connectivity index (χ3v) is 4.06. The van der Waals surface area contributed by atoms with Gasteiger partial charge in [0.05, 0.1) is 12.7 Å². The average molecular weight is 394 g/mol. The van der Waals surface area contributed by atoms with Gasteiger partial charge >= 0.3 is 5.97 Å². The highest BCUT2D eigenvalue weighted by Gasteiger charge is 2.09. The van der Waals surface area contributed by atoms with Gasteiger partial charge in [0.2, 0.25) is 5.95 Å². The van der Waals surface area contributed by atoms with Gasteiger partial charge in [0.15, 0.2) is 0 Å². The number of amides is 1. The van der Waals surface area contributed by atoms with Gasteiger partial charge in [0.1, 0.15) is 11.5 Å². The van der Waals surface area contributed by atoms with Gasteiger partial charge in [-0.1, -0.05) is 12.1 Å². The Morgan fingerprint density at radius 2 is 1.76 bits per heavy atom. The molecule has 0 aliphatic carbocycles. The highest BCUT2D eigenvalue weighted by Crippen LogP contribution is 2.14. The summed E-state index contributed by atoms with van der Waals surface area (Å²) in [6.07, 6.45) is 2.06. The molecule has 1 heterocycles. The Kier molecular flexibility index (Phi) is 6.47. The van der Waals surface area contributed by atoms with Gasteiger partial charge in [-0.15, -0.1) is 0 Å². The van der Waals surface area contributed by atoms with Crippen molar-refractivity contribution in [1.82, 2.24) is 15.3 Å². The first-order chi connectivity index (χ1) is 14.0. The molecule has 2 aromatic carbocycles. The Labute approximate surface area is 167 Å². The topological polar surface area (TPSA) is 93.2 Å². The van der Waals surface area contributed by atoms with Crippen molar-refractivity contribution < 1.29 is 18.7 Å². The minimum atomic E-state index is -0.424. The summed E-state index contributed by atoms with van der Waals surface area (Å²) in [4.78, 5) is 32.1. The summed E-state index contributed by atoms with van der Waals surface area (Å²) < 4.78 is 17.6. The Bertz CT molecular complexity index is 992. The predicted octanol–water partition coefficient (Wildman–Crippen LogP) is 3.12. The summed E-state index contributed by atoms with van der Waals surface area (Å²) >= 11 is 0. The van der Waals surface area contributed by atoms with Crippen LogP contribution in [0.5, 0.6) is 0 Å².